The van der Waals surface area contributed by atoms with Crippen LogP contribution in [0.1, 0.15) is 20.3 Å². The molecule has 0 atom stereocenters. The summed E-state index contributed by atoms with van der Waals surface area (Å²) in [6.45, 7) is 6.81. The first-order valence-corrected chi connectivity index (χ1v) is 5.76. The minimum atomic E-state index is -3.18. The normalized spacial score (nSPS) is 9.86. The van der Waals surface area contributed by atoms with Crippen LogP contribution in [0, 0.1) is 0 Å². The fourth-order valence-electron chi connectivity index (χ4n) is 0.294. The van der Waals surface area contributed by atoms with Crippen molar-refractivity contribution in [2.45, 2.75) is 20.3 Å². The number of rotatable bonds is 5. The first kappa shape index (κ1) is 15.6. The maximum atomic E-state index is 10.5. The summed E-state index contributed by atoms with van der Waals surface area (Å²) in [7, 11) is -3.18. The van der Waals surface area contributed by atoms with Crippen molar-refractivity contribution in [1.82, 2.24) is 0 Å². The highest BCUT2D eigenvalue weighted by Gasteiger charge is 2.04. The van der Waals surface area contributed by atoms with Crippen molar-refractivity contribution in [2.24, 2.45) is 5.73 Å². The Labute approximate surface area is 85.1 Å². The van der Waals surface area contributed by atoms with Gasteiger partial charge in [0.1, 0.15) is 0 Å². The van der Waals surface area contributed by atoms with Crippen LogP contribution in [0.4, 0.5) is 0 Å². The maximum Gasteiger partial charge on any atom is 0.267 e. The second-order valence-corrected chi connectivity index (χ2v) is 4.20. The van der Waals surface area contributed by atoms with Crippen molar-refractivity contribution in [1.29, 1.82) is 0 Å². The Hall–Kier alpha value is -0.880. The van der Waals surface area contributed by atoms with Gasteiger partial charge in [-0.2, -0.15) is 8.42 Å². The molecule has 6 heteroatoms. The lowest BCUT2D eigenvalue weighted by molar-refractivity contribution is -0.113. The van der Waals surface area contributed by atoms with Gasteiger partial charge in [-0.05, 0) is 19.4 Å². The number of carbonyl (C=O) groups is 1. The Balaban J connectivity index is 0. The van der Waals surface area contributed by atoms with Crippen molar-refractivity contribution < 1.29 is 17.4 Å². The van der Waals surface area contributed by atoms with Crippen LogP contribution < -0.4 is 5.73 Å². The van der Waals surface area contributed by atoms with Crippen LogP contribution in [-0.2, 0) is 19.1 Å². The number of nitrogens with two attached hydrogens (primary N) is 1. The molecule has 0 bridgehead atoms. The van der Waals surface area contributed by atoms with Gasteiger partial charge in [0.2, 0.25) is 5.91 Å². The van der Waals surface area contributed by atoms with Gasteiger partial charge in [0.15, 0.2) is 0 Å². The minimum Gasteiger partial charge on any atom is -0.366 e. The van der Waals surface area contributed by atoms with Gasteiger partial charge in [0.25, 0.3) is 10.1 Å². The zero-order valence-corrected chi connectivity index (χ0v) is 9.34. The molecule has 2 N–H and O–H groups in total. The smallest absolute Gasteiger partial charge is 0.267 e. The highest BCUT2D eigenvalue weighted by Crippen LogP contribution is 1.92. The van der Waals surface area contributed by atoms with Gasteiger partial charge in [-0.15, -0.1) is 0 Å². The first-order chi connectivity index (χ1) is 6.39. The Morgan fingerprint density at radius 2 is 1.93 bits per heavy atom. The maximum absolute atomic E-state index is 10.5. The van der Waals surface area contributed by atoms with E-state index in [2.05, 4.69) is 16.5 Å². The van der Waals surface area contributed by atoms with Gasteiger partial charge in [0.05, 0.1) is 12.4 Å². The van der Waals surface area contributed by atoms with Gasteiger partial charge in [-0.1, -0.05) is 13.5 Å². The summed E-state index contributed by atoms with van der Waals surface area (Å²) in [5.41, 5.74) is 4.53. The Bertz CT molecular complexity index is 259. The predicted molar refractivity (Wildman–Crippen MR) is 55.1 cm³/mol. The van der Waals surface area contributed by atoms with Crippen LogP contribution in [0.15, 0.2) is 12.7 Å². The summed E-state index contributed by atoms with van der Waals surface area (Å²) in [5.74, 6) is -0.419. The van der Waals surface area contributed by atoms with E-state index in [4.69, 9.17) is 0 Å². The quantitative estimate of drug-likeness (QED) is 0.540. The summed E-state index contributed by atoms with van der Waals surface area (Å²) in [5, 5.41) is 0. The van der Waals surface area contributed by atoms with E-state index >= 15 is 0 Å². The van der Waals surface area contributed by atoms with Crippen molar-refractivity contribution in [3.05, 3.63) is 12.7 Å². The summed E-state index contributed by atoms with van der Waals surface area (Å²) in [6, 6.07) is 0. The van der Waals surface area contributed by atoms with E-state index in [0.717, 1.165) is 12.5 Å². The van der Waals surface area contributed by atoms with Crippen LogP contribution in [-0.4, -0.2) is 26.7 Å². The number of carbonyl (C=O) groups excluding carboxylic acids is 1. The molecule has 0 aliphatic carbocycles. The van der Waals surface area contributed by atoms with E-state index in [1.807, 2.05) is 6.92 Å². The molecular weight excluding hydrogens is 206 g/mol. The molecule has 0 spiro atoms. The number of hydrogen-bond acceptors (Lipinski definition) is 4. The SMILES string of the molecule is C=CC(N)=O.CCCOS(=O)(=O)CC. The summed E-state index contributed by atoms with van der Waals surface area (Å²) >= 11 is 0. The van der Waals surface area contributed by atoms with E-state index in [1.165, 1.54) is 0 Å². The molecule has 0 unspecified atom stereocenters. The number of primary amides is 1. The third-order valence-corrected chi connectivity index (χ3v) is 2.25. The second-order valence-electron chi connectivity index (χ2n) is 2.27. The molecule has 0 saturated heterocycles. The average molecular weight is 223 g/mol. The molecule has 0 aliphatic heterocycles. The van der Waals surface area contributed by atoms with E-state index in [0.29, 0.717) is 6.61 Å². The summed E-state index contributed by atoms with van der Waals surface area (Å²) in [4.78, 5) is 9.47. The first-order valence-electron chi connectivity index (χ1n) is 4.18. The van der Waals surface area contributed by atoms with Gasteiger partial charge >= 0.3 is 0 Å². The molecule has 0 aromatic carbocycles. The van der Waals surface area contributed by atoms with Gasteiger partial charge in [0, 0.05) is 0 Å². The van der Waals surface area contributed by atoms with Crippen molar-refractivity contribution >= 4 is 16.0 Å². The molecular formula is C8H17NO4S. The molecule has 14 heavy (non-hydrogen) atoms. The minimum absolute atomic E-state index is 0.0625. The van der Waals surface area contributed by atoms with E-state index < -0.39 is 16.0 Å². The van der Waals surface area contributed by atoms with Crippen molar-refractivity contribution in [3.8, 4) is 0 Å². The second kappa shape index (κ2) is 8.71. The Morgan fingerprint density at radius 1 is 1.50 bits per heavy atom. The molecule has 84 valence electrons. The largest absolute Gasteiger partial charge is 0.366 e. The average Bonchev–Trinajstić information content (AvgIpc) is 2.16. The fourth-order valence-corrected chi connectivity index (χ4v) is 0.881. The lowest BCUT2D eigenvalue weighted by Gasteiger charge is -1.98. The zero-order valence-electron chi connectivity index (χ0n) is 8.52. The van der Waals surface area contributed by atoms with Crippen LogP contribution >= 0.6 is 0 Å². The fraction of sp³-hybridized carbons (Fsp3) is 0.625. The summed E-state index contributed by atoms with van der Waals surface area (Å²) < 4.78 is 25.6. The van der Waals surface area contributed by atoms with E-state index in [-0.39, 0.29) is 5.75 Å². The topological polar surface area (TPSA) is 86.5 Å². The molecule has 1 amide bonds. The lowest BCUT2D eigenvalue weighted by atomic mass is 10.5. The highest BCUT2D eigenvalue weighted by molar-refractivity contribution is 7.86. The molecule has 0 saturated carbocycles. The highest BCUT2D eigenvalue weighted by atomic mass is 32.2. The Kier molecular flexibility index (Phi) is 9.69. The lowest BCUT2D eigenvalue weighted by Crippen LogP contribution is -2.08. The van der Waals surface area contributed by atoms with Crippen molar-refractivity contribution in [3.63, 3.8) is 0 Å². The molecule has 0 heterocycles. The van der Waals surface area contributed by atoms with Crippen LogP contribution in [0.3, 0.4) is 0 Å². The van der Waals surface area contributed by atoms with Crippen LogP contribution in [0.2, 0.25) is 0 Å². The van der Waals surface area contributed by atoms with Crippen molar-refractivity contribution in [2.75, 3.05) is 12.4 Å². The molecule has 0 aromatic heterocycles. The Morgan fingerprint density at radius 3 is 2.14 bits per heavy atom. The van der Waals surface area contributed by atoms with Gasteiger partial charge in [-0.25, -0.2) is 0 Å². The summed E-state index contributed by atoms with van der Waals surface area (Å²) in [6.07, 6.45) is 1.79. The monoisotopic (exact) mass is 223 g/mol. The van der Waals surface area contributed by atoms with E-state index in [1.54, 1.807) is 6.92 Å². The third kappa shape index (κ3) is 13.7. The van der Waals surface area contributed by atoms with Crippen LogP contribution in [0.5, 0.6) is 0 Å². The molecule has 0 radical (unpaired) electrons. The molecule has 0 aromatic rings. The molecule has 0 fully saturated rings. The molecule has 0 aliphatic rings. The standard InChI is InChI=1S/C5H12O3S.C3H5NO/c1-3-5-8-9(6,7)4-2;1-2-3(4)5/h3-5H2,1-2H3;2H,1H2,(H2,4,5). The zero-order chi connectivity index (χ0) is 11.6. The third-order valence-electron chi connectivity index (χ3n) is 1.02. The molecule has 5 nitrogen and oxygen atoms in total. The van der Waals surface area contributed by atoms with Gasteiger partial charge in [-0.3, -0.25) is 8.98 Å². The van der Waals surface area contributed by atoms with Crippen LogP contribution in [0.25, 0.3) is 0 Å². The van der Waals surface area contributed by atoms with E-state index in [9.17, 15) is 13.2 Å². The molecule has 0 rings (SSSR count). The predicted octanol–water partition coefficient (Wildman–Crippen LogP) is 0.420. The number of hydrogen-bond donors (Lipinski definition) is 1. The van der Waals surface area contributed by atoms with Gasteiger partial charge < -0.3 is 5.73 Å². The number of amides is 1.